The van der Waals surface area contributed by atoms with Crippen molar-refractivity contribution in [2.24, 2.45) is 7.05 Å². The summed E-state index contributed by atoms with van der Waals surface area (Å²) in [5, 5.41) is 9.60. The van der Waals surface area contributed by atoms with Crippen LogP contribution in [0.1, 0.15) is 35.2 Å². The van der Waals surface area contributed by atoms with E-state index in [-0.39, 0.29) is 27.7 Å². The zero-order chi connectivity index (χ0) is 25.6. The van der Waals surface area contributed by atoms with Crippen molar-refractivity contribution in [3.05, 3.63) is 77.1 Å². The lowest BCUT2D eigenvalue weighted by atomic mass is 9.95. The Kier molecular flexibility index (Phi) is 6.26. The van der Waals surface area contributed by atoms with E-state index in [4.69, 9.17) is 0 Å². The van der Waals surface area contributed by atoms with Crippen LogP contribution in [0, 0.1) is 23.3 Å². The first kappa shape index (κ1) is 24.0. The molecule has 0 aliphatic carbocycles. The number of likely N-dealkylation sites (tertiary alicyclic amines) is 1. The number of carbonyl (C=O) groups is 1. The minimum Gasteiger partial charge on any atom is -0.478 e. The molecule has 3 aromatic carbocycles. The largest absolute Gasteiger partial charge is 0.478 e. The fourth-order valence-electron chi connectivity index (χ4n) is 4.94. The summed E-state index contributed by atoms with van der Waals surface area (Å²) in [6, 6.07) is 8.56. The van der Waals surface area contributed by atoms with Gasteiger partial charge < -0.3 is 9.67 Å². The first-order valence-electron chi connectivity index (χ1n) is 11.6. The molecule has 2 heterocycles. The number of imidazole rings is 1. The lowest BCUT2D eigenvalue weighted by Gasteiger charge is -2.26. The second-order valence-electron chi connectivity index (χ2n) is 9.10. The molecule has 9 heteroatoms. The molecular formula is C27H23F4N3O2. The van der Waals surface area contributed by atoms with Crippen LogP contribution in [0.4, 0.5) is 17.6 Å². The number of hydrogen-bond donors (Lipinski definition) is 1. The van der Waals surface area contributed by atoms with Crippen molar-refractivity contribution in [3.63, 3.8) is 0 Å². The molecule has 1 saturated heterocycles. The maximum atomic E-state index is 15.3. The fraction of sp³-hybridized carbons (Fsp3) is 0.259. The van der Waals surface area contributed by atoms with Crippen LogP contribution in [-0.4, -0.2) is 38.6 Å². The fourth-order valence-corrected chi connectivity index (χ4v) is 4.94. The summed E-state index contributed by atoms with van der Waals surface area (Å²) in [6.45, 7) is 2.41. The molecule has 5 rings (SSSR count). The van der Waals surface area contributed by atoms with Crippen LogP contribution in [0.5, 0.6) is 0 Å². The van der Waals surface area contributed by atoms with E-state index in [0.29, 0.717) is 6.54 Å². The third kappa shape index (κ3) is 4.13. The molecule has 1 aromatic heterocycles. The van der Waals surface area contributed by atoms with Crippen LogP contribution < -0.4 is 0 Å². The number of benzene rings is 3. The van der Waals surface area contributed by atoms with Gasteiger partial charge in [0.05, 0.1) is 34.1 Å². The molecule has 4 aromatic rings. The van der Waals surface area contributed by atoms with Crippen LogP contribution in [0.15, 0.2) is 42.7 Å². The molecule has 1 N–H and O–H groups in total. The quantitative estimate of drug-likeness (QED) is 0.266. The number of fused-ring (bicyclic) bond motifs is 1. The molecule has 36 heavy (non-hydrogen) atoms. The third-order valence-corrected chi connectivity index (χ3v) is 6.67. The molecule has 1 aliphatic heterocycles. The van der Waals surface area contributed by atoms with Gasteiger partial charge in [-0.25, -0.2) is 27.3 Å². The Bertz CT molecular complexity index is 1460. The van der Waals surface area contributed by atoms with Gasteiger partial charge in [0, 0.05) is 13.6 Å². The van der Waals surface area contributed by atoms with Crippen LogP contribution in [-0.2, 0) is 13.6 Å². The van der Waals surface area contributed by atoms with E-state index in [1.54, 1.807) is 13.1 Å². The topological polar surface area (TPSA) is 58.4 Å². The number of nitrogens with zero attached hydrogens (tertiary/aromatic N) is 3. The minimum atomic E-state index is -1.60. The number of halogens is 4. The van der Waals surface area contributed by atoms with Crippen LogP contribution in [0.3, 0.4) is 0 Å². The van der Waals surface area contributed by atoms with Crippen LogP contribution in [0.25, 0.3) is 33.3 Å². The van der Waals surface area contributed by atoms with Gasteiger partial charge in [0.2, 0.25) is 0 Å². The molecule has 1 fully saturated rings. The van der Waals surface area contributed by atoms with Gasteiger partial charge >= 0.3 is 5.97 Å². The predicted octanol–water partition coefficient (Wildman–Crippen LogP) is 6.15. The summed E-state index contributed by atoms with van der Waals surface area (Å²) < 4.78 is 62.7. The molecule has 0 unspecified atom stereocenters. The normalized spacial score (nSPS) is 14.5. The van der Waals surface area contributed by atoms with Crippen molar-refractivity contribution in [2.45, 2.75) is 25.8 Å². The van der Waals surface area contributed by atoms with Crippen molar-refractivity contribution in [3.8, 4) is 22.3 Å². The summed E-state index contributed by atoms with van der Waals surface area (Å²) in [5.74, 6) is -7.66. The number of hydrogen-bond acceptors (Lipinski definition) is 3. The van der Waals surface area contributed by atoms with Crippen LogP contribution in [0.2, 0.25) is 0 Å². The number of carboxylic acid groups (broad SMARTS) is 1. The summed E-state index contributed by atoms with van der Waals surface area (Å²) in [5.41, 5.74) is -1.25. The Morgan fingerprint density at radius 1 is 0.917 bits per heavy atom. The monoisotopic (exact) mass is 497 g/mol. The molecule has 0 amide bonds. The highest BCUT2D eigenvalue weighted by Gasteiger charge is 2.29. The van der Waals surface area contributed by atoms with Crippen molar-refractivity contribution < 1.29 is 27.5 Å². The number of aryl methyl sites for hydroxylation is 1. The van der Waals surface area contributed by atoms with E-state index in [0.717, 1.165) is 37.6 Å². The second kappa shape index (κ2) is 9.39. The predicted molar refractivity (Wildman–Crippen MR) is 128 cm³/mol. The Morgan fingerprint density at radius 3 is 2.19 bits per heavy atom. The van der Waals surface area contributed by atoms with Crippen molar-refractivity contribution in [1.29, 1.82) is 0 Å². The van der Waals surface area contributed by atoms with E-state index in [2.05, 4.69) is 9.88 Å². The SMILES string of the molecule is Cn1cnc2cc(-c3c(F)c(F)c(-c4cccc(CN5CCCCC5)c4)c(F)c3F)cc(C(=O)O)c21. The van der Waals surface area contributed by atoms with Crippen molar-refractivity contribution in [2.75, 3.05) is 13.1 Å². The van der Waals surface area contributed by atoms with E-state index in [1.165, 1.54) is 35.5 Å². The molecule has 186 valence electrons. The number of aromatic nitrogens is 2. The summed E-state index contributed by atoms with van der Waals surface area (Å²) in [4.78, 5) is 18.1. The van der Waals surface area contributed by atoms with E-state index in [9.17, 15) is 9.90 Å². The smallest absolute Gasteiger partial charge is 0.337 e. The van der Waals surface area contributed by atoms with Gasteiger partial charge in [0.1, 0.15) is 0 Å². The van der Waals surface area contributed by atoms with Crippen molar-refractivity contribution >= 4 is 17.0 Å². The van der Waals surface area contributed by atoms with Gasteiger partial charge in [-0.1, -0.05) is 24.6 Å². The number of rotatable bonds is 5. The molecule has 0 saturated carbocycles. The van der Waals surface area contributed by atoms with Gasteiger partial charge in [-0.05, 0) is 60.8 Å². The van der Waals surface area contributed by atoms with E-state index >= 15 is 17.6 Å². The number of piperidine rings is 1. The summed E-state index contributed by atoms with van der Waals surface area (Å²) >= 11 is 0. The standard InChI is InChI=1S/C27H23F4N3O2/c1-33-14-32-19-12-17(11-18(26(19)33)27(35)36)21-24(30)22(28)20(23(29)25(21)31)16-7-5-6-15(10-16)13-34-8-3-2-4-9-34/h5-7,10-12,14H,2-4,8-9,13H2,1H3,(H,35,36). The molecule has 0 atom stereocenters. The average Bonchev–Trinajstić information content (AvgIpc) is 3.24. The Hall–Kier alpha value is -3.72. The Morgan fingerprint density at radius 2 is 1.56 bits per heavy atom. The van der Waals surface area contributed by atoms with Gasteiger partial charge in [0.15, 0.2) is 23.3 Å². The third-order valence-electron chi connectivity index (χ3n) is 6.67. The van der Waals surface area contributed by atoms with E-state index < -0.39 is 40.4 Å². The molecule has 0 bridgehead atoms. The Balaban J connectivity index is 1.61. The highest BCUT2D eigenvalue weighted by Crippen LogP contribution is 2.38. The first-order valence-corrected chi connectivity index (χ1v) is 11.6. The van der Waals surface area contributed by atoms with Gasteiger partial charge in [-0.3, -0.25) is 4.90 Å². The van der Waals surface area contributed by atoms with Gasteiger partial charge in [-0.2, -0.15) is 0 Å². The lowest BCUT2D eigenvalue weighted by molar-refractivity contribution is 0.0698. The number of aromatic carboxylic acids is 1. The maximum Gasteiger partial charge on any atom is 0.337 e. The maximum absolute atomic E-state index is 15.3. The van der Waals surface area contributed by atoms with Gasteiger partial charge in [0.25, 0.3) is 0 Å². The molecule has 1 aliphatic rings. The average molecular weight is 497 g/mol. The Labute approximate surface area is 204 Å². The highest BCUT2D eigenvalue weighted by atomic mass is 19.2. The zero-order valence-corrected chi connectivity index (χ0v) is 19.5. The second-order valence-corrected chi connectivity index (χ2v) is 9.10. The zero-order valence-electron chi connectivity index (χ0n) is 19.5. The van der Waals surface area contributed by atoms with E-state index in [1.807, 2.05) is 6.07 Å². The highest BCUT2D eigenvalue weighted by molar-refractivity contribution is 6.03. The lowest BCUT2D eigenvalue weighted by Crippen LogP contribution is -2.29. The molecule has 5 nitrogen and oxygen atoms in total. The van der Waals surface area contributed by atoms with Gasteiger partial charge in [-0.15, -0.1) is 0 Å². The minimum absolute atomic E-state index is 0.0234. The molecule has 0 radical (unpaired) electrons. The summed E-state index contributed by atoms with van der Waals surface area (Å²) in [7, 11) is 1.57. The van der Waals surface area contributed by atoms with Crippen molar-refractivity contribution in [1.82, 2.24) is 14.5 Å². The molecule has 0 spiro atoms. The number of carboxylic acids is 1. The molecular weight excluding hydrogens is 474 g/mol. The summed E-state index contributed by atoms with van der Waals surface area (Å²) in [6.07, 6.45) is 4.66. The first-order chi connectivity index (χ1) is 17.3. The van der Waals surface area contributed by atoms with Crippen LogP contribution >= 0.6 is 0 Å².